The number of rotatable bonds is 0. The maximum atomic E-state index is 12.4. The molecule has 0 amide bonds. The van der Waals surface area contributed by atoms with E-state index >= 15 is 0 Å². The second-order valence-corrected chi connectivity index (χ2v) is 5.69. The highest BCUT2D eigenvalue weighted by Gasteiger charge is 2.44. The van der Waals surface area contributed by atoms with Gasteiger partial charge in [-0.25, -0.2) is 0 Å². The maximum absolute atomic E-state index is 12.4. The molecule has 3 aliphatic rings. The van der Waals surface area contributed by atoms with Crippen LogP contribution in [-0.4, -0.2) is 18.7 Å². The molecule has 0 N–H and O–H groups in total. The first-order valence-electron chi connectivity index (χ1n) is 6.14. The highest BCUT2D eigenvalue weighted by Crippen LogP contribution is 2.45. The lowest BCUT2D eigenvalue weighted by Gasteiger charge is -2.42. The van der Waals surface area contributed by atoms with Crippen LogP contribution in [-0.2, 0) is 14.3 Å². The van der Waals surface area contributed by atoms with Gasteiger partial charge in [0.2, 0.25) is 0 Å². The molecule has 2 heterocycles. The minimum atomic E-state index is -0.201. The van der Waals surface area contributed by atoms with Crippen LogP contribution < -0.4 is 0 Å². The Morgan fingerprint density at radius 1 is 1.38 bits per heavy atom. The molecule has 1 saturated heterocycles. The lowest BCUT2D eigenvalue weighted by Crippen LogP contribution is -2.42. The molecule has 16 heavy (non-hydrogen) atoms. The molecule has 1 aliphatic carbocycles. The zero-order valence-electron chi connectivity index (χ0n) is 9.91. The first kappa shape index (κ1) is 10.3. The van der Waals surface area contributed by atoms with E-state index in [4.69, 9.17) is 9.47 Å². The van der Waals surface area contributed by atoms with E-state index in [1.807, 2.05) is 13.8 Å². The van der Waals surface area contributed by atoms with Crippen LogP contribution >= 0.6 is 0 Å². The second-order valence-electron chi connectivity index (χ2n) is 5.69. The molecular weight excluding hydrogens is 204 g/mol. The minimum Gasteiger partial charge on any atom is -0.469 e. The number of hydrogen-bond acceptors (Lipinski definition) is 3. The fraction of sp³-hybridized carbons (Fsp3) is 0.769. The summed E-state index contributed by atoms with van der Waals surface area (Å²) < 4.78 is 11.3. The average molecular weight is 222 g/mol. The van der Waals surface area contributed by atoms with E-state index in [0.717, 1.165) is 43.6 Å². The van der Waals surface area contributed by atoms with E-state index in [1.165, 1.54) is 0 Å². The van der Waals surface area contributed by atoms with Gasteiger partial charge < -0.3 is 9.47 Å². The normalized spacial score (nSPS) is 36.8. The molecule has 3 nitrogen and oxygen atoms in total. The lowest BCUT2D eigenvalue weighted by atomic mass is 9.70. The Hall–Kier alpha value is -0.830. The van der Waals surface area contributed by atoms with Crippen molar-refractivity contribution in [2.45, 2.75) is 45.8 Å². The molecule has 0 aromatic heterocycles. The number of hydrogen-bond donors (Lipinski definition) is 0. The molecule has 2 bridgehead atoms. The highest BCUT2D eigenvalue weighted by molar-refractivity contribution is 6.01. The largest absolute Gasteiger partial charge is 0.469 e. The predicted octanol–water partition coefficient (Wildman–Crippen LogP) is 2.41. The van der Waals surface area contributed by atoms with Crippen molar-refractivity contribution in [2.75, 3.05) is 6.61 Å². The Morgan fingerprint density at radius 3 is 3.00 bits per heavy atom. The number of ether oxygens (including phenoxy) is 2. The Morgan fingerprint density at radius 2 is 2.19 bits per heavy atom. The molecular formula is C13H18O3. The summed E-state index contributed by atoms with van der Waals surface area (Å²) in [6.45, 7) is 4.81. The molecule has 0 radical (unpaired) electrons. The van der Waals surface area contributed by atoms with E-state index in [-0.39, 0.29) is 11.7 Å². The molecule has 2 unspecified atom stereocenters. The van der Waals surface area contributed by atoms with Crippen molar-refractivity contribution >= 4 is 5.78 Å². The van der Waals surface area contributed by atoms with Gasteiger partial charge in [-0.1, -0.05) is 13.8 Å². The Balaban J connectivity index is 2.00. The van der Waals surface area contributed by atoms with E-state index in [1.54, 1.807) is 0 Å². The van der Waals surface area contributed by atoms with Gasteiger partial charge >= 0.3 is 0 Å². The first-order valence-corrected chi connectivity index (χ1v) is 6.14. The molecule has 3 heteroatoms. The quantitative estimate of drug-likeness (QED) is 0.631. The third-order valence-corrected chi connectivity index (χ3v) is 4.07. The third-order valence-electron chi connectivity index (χ3n) is 4.07. The Bertz CT molecular complexity index is 367. The molecule has 0 aromatic carbocycles. The molecule has 1 fully saturated rings. The van der Waals surface area contributed by atoms with Gasteiger partial charge in [0.25, 0.3) is 0 Å². The monoisotopic (exact) mass is 222 g/mol. The topological polar surface area (TPSA) is 35.5 Å². The van der Waals surface area contributed by atoms with E-state index < -0.39 is 0 Å². The third kappa shape index (κ3) is 1.41. The SMILES string of the molecule is CC1(C)CCC2=C(C1=O)C1CCOC(C1)O2. The lowest BCUT2D eigenvalue weighted by molar-refractivity contribution is -0.169. The first-order chi connectivity index (χ1) is 7.58. The fourth-order valence-corrected chi connectivity index (χ4v) is 2.96. The van der Waals surface area contributed by atoms with Gasteiger partial charge in [-0.15, -0.1) is 0 Å². The smallest absolute Gasteiger partial charge is 0.199 e. The van der Waals surface area contributed by atoms with Gasteiger partial charge in [-0.2, -0.15) is 0 Å². The molecule has 0 saturated carbocycles. The molecule has 2 atom stereocenters. The van der Waals surface area contributed by atoms with E-state index in [2.05, 4.69) is 0 Å². The second kappa shape index (κ2) is 3.33. The van der Waals surface area contributed by atoms with Crippen LogP contribution in [0.3, 0.4) is 0 Å². The number of Topliss-reactive ketones (excluding diaryl/α,β-unsaturated/α-hetero) is 1. The molecule has 0 spiro atoms. The minimum absolute atomic E-state index is 0.0912. The van der Waals surface area contributed by atoms with Crippen molar-refractivity contribution in [3.63, 3.8) is 0 Å². The van der Waals surface area contributed by atoms with Gasteiger partial charge in [-0.3, -0.25) is 4.79 Å². The zero-order chi connectivity index (χ0) is 11.3. The Labute approximate surface area is 95.8 Å². The van der Waals surface area contributed by atoms with Gasteiger partial charge in [0, 0.05) is 23.8 Å². The van der Waals surface area contributed by atoms with E-state index in [9.17, 15) is 4.79 Å². The number of ketones is 1. The van der Waals surface area contributed by atoms with E-state index in [0.29, 0.717) is 11.7 Å². The van der Waals surface area contributed by atoms with Crippen molar-refractivity contribution < 1.29 is 14.3 Å². The summed E-state index contributed by atoms with van der Waals surface area (Å²) in [4.78, 5) is 12.4. The average Bonchev–Trinajstić information content (AvgIpc) is 2.24. The highest BCUT2D eigenvalue weighted by atomic mass is 16.7. The molecule has 88 valence electrons. The van der Waals surface area contributed by atoms with Crippen LogP contribution in [0.4, 0.5) is 0 Å². The zero-order valence-corrected chi connectivity index (χ0v) is 9.91. The summed E-state index contributed by atoms with van der Waals surface area (Å²) >= 11 is 0. The number of allylic oxidation sites excluding steroid dienone is 2. The summed E-state index contributed by atoms with van der Waals surface area (Å²) in [5, 5.41) is 0. The van der Waals surface area contributed by atoms with Crippen molar-refractivity contribution in [3.05, 3.63) is 11.3 Å². The van der Waals surface area contributed by atoms with Crippen molar-refractivity contribution in [2.24, 2.45) is 11.3 Å². The fourth-order valence-electron chi connectivity index (χ4n) is 2.96. The number of fused-ring (bicyclic) bond motifs is 3. The van der Waals surface area contributed by atoms with Crippen molar-refractivity contribution in [1.82, 2.24) is 0 Å². The van der Waals surface area contributed by atoms with Crippen molar-refractivity contribution in [3.8, 4) is 0 Å². The van der Waals surface area contributed by atoms with Gasteiger partial charge in [0.1, 0.15) is 5.76 Å². The van der Waals surface area contributed by atoms with Crippen molar-refractivity contribution in [1.29, 1.82) is 0 Å². The van der Waals surface area contributed by atoms with Crippen LogP contribution in [0.25, 0.3) is 0 Å². The predicted molar refractivity (Wildman–Crippen MR) is 58.6 cm³/mol. The van der Waals surface area contributed by atoms with Crippen LogP contribution in [0.5, 0.6) is 0 Å². The van der Waals surface area contributed by atoms with Crippen LogP contribution in [0, 0.1) is 11.3 Å². The van der Waals surface area contributed by atoms with Gasteiger partial charge in [-0.05, 0) is 18.8 Å². The number of carbonyl (C=O) groups is 1. The van der Waals surface area contributed by atoms with Crippen LogP contribution in [0.15, 0.2) is 11.3 Å². The maximum Gasteiger partial charge on any atom is 0.199 e. The summed E-state index contributed by atoms with van der Waals surface area (Å²) in [6.07, 6.45) is 3.53. The standard InChI is InChI=1S/C13H18O3/c1-13(2)5-3-9-11(12(13)14)8-4-6-15-10(7-8)16-9/h8,10H,3-7H2,1-2H3. The molecule has 2 aliphatic heterocycles. The summed E-state index contributed by atoms with van der Waals surface area (Å²) in [5.74, 6) is 1.61. The Kier molecular flexibility index (Phi) is 2.15. The van der Waals surface area contributed by atoms with Gasteiger partial charge in [0.15, 0.2) is 12.1 Å². The van der Waals surface area contributed by atoms with Crippen LogP contribution in [0.2, 0.25) is 0 Å². The molecule has 0 aromatic rings. The summed E-state index contributed by atoms with van der Waals surface area (Å²) in [7, 11) is 0. The summed E-state index contributed by atoms with van der Waals surface area (Å²) in [6, 6.07) is 0. The molecule has 3 rings (SSSR count). The number of carbonyl (C=O) groups excluding carboxylic acids is 1. The van der Waals surface area contributed by atoms with Crippen LogP contribution in [0.1, 0.15) is 39.5 Å². The van der Waals surface area contributed by atoms with Gasteiger partial charge in [0.05, 0.1) is 6.61 Å². The summed E-state index contributed by atoms with van der Waals surface area (Å²) in [5.41, 5.74) is 0.781.